The van der Waals surface area contributed by atoms with E-state index in [4.69, 9.17) is 0 Å². The number of aromatic nitrogens is 1. The second-order valence-electron chi connectivity index (χ2n) is 4.62. The molecule has 0 fully saturated rings. The second-order valence-corrected chi connectivity index (χ2v) is 5.54. The van der Waals surface area contributed by atoms with Crippen LogP contribution in [-0.4, -0.2) is 35.8 Å². The fourth-order valence-corrected chi connectivity index (χ4v) is 2.19. The molecule has 0 bridgehead atoms. The Morgan fingerprint density at radius 2 is 1.95 bits per heavy atom. The van der Waals surface area contributed by atoms with E-state index in [-0.39, 0.29) is 11.8 Å². The Bertz CT molecular complexity index is 672. The summed E-state index contributed by atoms with van der Waals surface area (Å²) in [6, 6.07) is 8.24. The highest BCUT2D eigenvalue weighted by Crippen LogP contribution is 2.22. The van der Waals surface area contributed by atoms with Crippen molar-refractivity contribution in [1.82, 2.24) is 9.88 Å². The fraction of sp³-hybridized carbons (Fsp3) is 0.133. The first-order valence-electron chi connectivity index (χ1n) is 6.21. The van der Waals surface area contributed by atoms with Gasteiger partial charge in [-0.1, -0.05) is 15.9 Å². The summed E-state index contributed by atoms with van der Waals surface area (Å²) in [4.78, 5) is 29.4. The van der Waals surface area contributed by atoms with Crippen LogP contribution in [0.1, 0.15) is 15.9 Å². The molecule has 0 unspecified atom stereocenters. The number of ketones is 1. The number of pyridine rings is 1. The SMILES string of the molecule is CN(C)C(=O)Nc1cc(Br)cc(C(=O)c2cccnc2)c1. The highest BCUT2D eigenvalue weighted by molar-refractivity contribution is 9.10. The third-order valence-electron chi connectivity index (χ3n) is 2.74. The van der Waals surface area contributed by atoms with E-state index in [2.05, 4.69) is 26.2 Å². The van der Waals surface area contributed by atoms with Crippen LogP contribution in [0.15, 0.2) is 47.2 Å². The van der Waals surface area contributed by atoms with E-state index >= 15 is 0 Å². The Morgan fingerprint density at radius 3 is 2.57 bits per heavy atom. The first-order valence-corrected chi connectivity index (χ1v) is 7.00. The van der Waals surface area contributed by atoms with Gasteiger partial charge in [-0.25, -0.2) is 4.79 Å². The molecule has 108 valence electrons. The Hall–Kier alpha value is -2.21. The van der Waals surface area contributed by atoms with Gasteiger partial charge in [0, 0.05) is 47.8 Å². The van der Waals surface area contributed by atoms with Gasteiger partial charge in [-0.05, 0) is 30.3 Å². The van der Waals surface area contributed by atoms with Crippen LogP contribution in [0.2, 0.25) is 0 Å². The molecule has 1 heterocycles. The highest BCUT2D eigenvalue weighted by Gasteiger charge is 2.12. The maximum Gasteiger partial charge on any atom is 0.321 e. The molecule has 2 amide bonds. The molecule has 0 aliphatic carbocycles. The van der Waals surface area contributed by atoms with Crippen LogP contribution in [0.5, 0.6) is 0 Å². The average Bonchev–Trinajstić information content (AvgIpc) is 2.46. The number of hydrogen-bond donors (Lipinski definition) is 1. The molecular formula is C15H14BrN3O2. The standard InChI is InChI=1S/C15H14BrN3O2/c1-19(2)15(21)18-13-7-11(6-12(16)8-13)14(20)10-4-3-5-17-9-10/h3-9H,1-2H3,(H,18,21). The molecule has 1 N–H and O–H groups in total. The van der Waals surface area contributed by atoms with Crippen molar-refractivity contribution < 1.29 is 9.59 Å². The molecule has 0 saturated carbocycles. The van der Waals surface area contributed by atoms with E-state index in [0.29, 0.717) is 21.3 Å². The molecule has 2 rings (SSSR count). The number of hydrogen-bond acceptors (Lipinski definition) is 3. The summed E-state index contributed by atoms with van der Waals surface area (Å²) in [5.41, 5.74) is 1.53. The summed E-state index contributed by atoms with van der Waals surface area (Å²) >= 11 is 3.35. The van der Waals surface area contributed by atoms with Crippen molar-refractivity contribution in [2.24, 2.45) is 0 Å². The third kappa shape index (κ3) is 3.88. The largest absolute Gasteiger partial charge is 0.331 e. The molecule has 0 aliphatic heterocycles. The number of rotatable bonds is 3. The molecule has 0 radical (unpaired) electrons. The second kappa shape index (κ2) is 6.49. The van der Waals surface area contributed by atoms with Crippen LogP contribution < -0.4 is 5.32 Å². The zero-order chi connectivity index (χ0) is 15.4. The first-order chi connectivity index (χ1) is 9.97. The van der Waals surface area contributed by atoms with Gasteiger partial charge < -0.3 is 10.2 Å². The van der Waals surface area contributed by atoms with Crippen molar-refractivity contribution >= 4 is 33.4 Å². The Morgan fingerprint density at radius 1 is 1.19 bits per heavy atom. The summed E-state index contributed by atoms with van der Waals surface area (Å²) in [5.74, 6) is -0.148. The Balaban J connectivity index is 2.31. The predicted molar refractivity (Wildman–Crippen MR) is 84.5 cm³/mol. The van der Waals surface area contributed by atoms with Gasteiger partial charge in [-0.3, -0.25) is 9.78 Å². The normalized spacial score (nSPS) is 10.0. The molecule has 0 spiro atoms. The predicted octanol–water partition coefficient (Wildman–Crippen LogP) is 3.17. The van der Waals surface area contributed by atoms with Crippen LogP contribution in [0.25, 0.3) is 0 Å². The minimum Gasteiger partial charge on any atom is -0.331 e. The van der Waals surface area contributed by atoms with E-state index in [1.807, 2.05) is 0 Å². The van der Waals surface area contributed by atoms with E-state index in [1.165, 1.54) is 11.1 Å². The highest BCUT2D eigenvalue weighted by atomic mass is 79.9. The van der Waals surface area contributed by atoms with Crippen LogP contribution in [0.4, 0.5) is 10.5 Å². The number of carbonyl (C=O) groups excluding carboxylic acids is 2. The van der Waals surface area contributed by atoms with Crippen molar-refractivity contribution in [2.75, 3.05) is 19.4 Å². The van der Waals surface area contributed by atoms with Gasteiger partial charge in [0.05, 0.1) is 0 Å². The fourth-order valence-electron chi connectivity index (χ4n) is 1.69. The number of anilines is 1. The molecule has 1 aromatic carbocycles. The summed E-state index contributed by atoms with van der Waals surface area (Å²) in [6.45, 7) is 0. The summed E-state index contributed by atoms with van der Waals surface area (Å²) in [7, 11) is 3.30. The zero-order valence-corrected chi connectivity index (χ0v) is 13.2. The molecule has 0 saturated heterocycles. The summed E-state index contributed by atoms with van der Waals surface area (Å²) in [5, 5.41) is 2.72. The van der Waals surface area contributed by atoms with Crippen LogP contribution in [-0.2, 0) is 0 Å². The van der Waals surface area contributed by atoms with Crippen molar-refractivity contribution in [3.05, 3.63) is 58.3 Å². The third-order valence-corrected chi connectivity index (χ3v) is 3.20. The van der Waals surface area contributed by atoms with E-state index in [9.17, 15) is 9.59 Å². The minimum atomic E-state index is -0.257. The molecule has 1 aromatic heterocycles. The number of carbonyl (C=O) groups is 2. The first kappa shape index (κ1) is 15.2. The van der Waals surface area contributed by atoms with Crippen molar-refractivity contribution in [2.45, 2.75) is 0 Å². The van der Waals surface area contributed by atoms with Gasteiger partial charge in [-0.2, -0.15) is 0 Å². The van der Waals surface area contributed by atoms with E-state index < -0.39 is 0 Å². The molecule has 5 nitrogen and oxygen atoms in total. The van der Waals surface area contributed by atoms with E-state index in [1.54, 1.807) is 50.6 Å². The van der Waals surface area contributed by atoms with Gasteiger partial charge >= 0.3 is 6.03 Å². The van der Waals surface area contributed by atoms with E-state index in [0.717, 1.165) is 0 Å². The van der Waals surface area contributed by atoms with Crippen molar-refractivity contribution in [1.29, 1.82) is 0 Å². The molecule has 0 aliphatic rings. The number of halogens is 1. The number of amides is 2. The minimum absolute atomic E-state index is 0.148. The zero-order valence-electron chi connectivity index (χ0n) is 11.6. The molecule has 6 heteroatoms. The lowest BCUT2D eigenvalue weighted by Crippen LogP contribution is -2.27. The lowest BCUT2D eigenvalue weighted by molar-refractivity contribution is 0.103. The lowest BCUT2D eigenvalue weighted by Gasteiger charge is -2.13. The maximum atomic E-state index is 12.4. The monoisotopic (exact) mass is 347 g/mol. The quantitative estimate of drug-likeness (QED) is 0.867. The van der Waals surface area contributed by atoms with Gasteiger partial charge in [-0.15, -0.1) is 0 Å². The molecular weight excluding hydrogens is 334 g/mol. The molecule has 0 atom stereocenters. The summed E-state index contributed by atoms with van der Waals surface area (Å²) in [6.07, 6.45) is 3.13. The van der Waals surface area contributed by atoms with Gasteiger partial charge in [0.1, 0.15) is 0 Å². The van der Waals surface area contributed by atoms with Gasteiger partial charge in [0.2, 0.25) is 0 Å². The summed E-state index contributed by atoms with van der Waals surface area (Å²) < 4.78 is 0.714. The van der Waals surface area contributed by atoms with Gasteiger partial charge in [0.25, 0.3) is 0 Å². The number of nitrogens with one attached hydrogen (secondary N) is 1. The topological polar surface area (TPSA) is 62.3 Å². The van der Waals surface area contributed by atoms with Gasteiger partial charge in [0.15, 0.2) is 5.78 Å². The smallest absolute Gasteiger partial charge is 0.321 e. The molecule has 21 heavy (non-hydrogen) atoms. The maximum absolute atomic E-state index is 12.4. The Kier molecular flexibility index (Phi) is 4.70. The van der Waals surface area contributed by atoms with Crippen molar-refractivity contribution in [3.8, 4) is 0 Å². The lowest BCUT2D eigenvalue weighted by atomic mass is 10.0. The number of benzene rings is 1. The number of nitrogens with zero attached hydrogens (tertiary/aromatic N) is 2. The average molecular weight is 348 g/mol. The van der Waals surface area contributed by atoms with Crippen LogP contribution >= 0.6 is 15.9 Å². The molecule has 2 aromatic rings. The Labute approximate surface area is 131 Å². The number of urea groups is 1. The van der Waals surface area contributed by atoms with Crippen LogP contribution in [0, 0.1) is 0 Å². The van der Waals surface area contributed by atoms with Crippen LogP contribution in [0.3, 0.4) is 0 Å². The van der Waals surface area contributed by atoms with Crippen molar-refractivity contribution in [3.63, 3.8) is 0 Å².